The largest absolute Gasteiger partial charge is 0.352 e. The number of pyridine rings is 2. The number of nitrogens with zero attached hydrogens (tertiary/aromatic N) is 4. The molecule has 1 N–H and O–H groups in total. The van der Waals surface area contributed by atoms with Crippen LogP contribution in [0.1, 0.15) is 29.0 Å². The van der Waals surface area contributed by atoms with Gasteiger partial charge in [0.25, 0.3) is 0 Å². The molecular formula is C24H20BrN5S. The van der Waals surface area contributed by atoms with E-state index in [9.17, 15) is 0 Å². The summed E-state index contributed by atoms with van der Waals surface area (Å²) in [6.45, 7) is 0.664. The zero-order chi connectivity index (χ0) is 21.2. The topological polar surface area (TPSA) is 46.0 Å². The minimum atomic E-state index is -0.0637. The first-order valence-electron chi connectivity index (χ1n) is 10.0. The summed E-state index contributed by atoms with van der Waals surface area (Å²) in [5.74, 6) is 0. The van der Waals surface area contributed by atoms with Gasteiger partial charge in [-0.2, -0.15) is 0 Å². The van der Waals surface area contributed by atoms with Crippen LogP contribution in [0.15, 0.2) is 96.0 Å². The lowest BCUT2D eigenvalue weighted by Gasteiger charge is -2.29. The number of thiocarbonyl (C=S) groups is 1. The van der Waals surface area contributed by atoms with E-state index < -0.39 is 0 Å². The molecule has 2 atom stereocenters. The molecule has 31 heavy (non-hydrogen) atoms. The van der Waals surface area contributed by atoms with Crippen molar-refractivity contribution in [2.75, 3.05) is 0 Å². The Morgan fingerprint density at radius 3 is 2.71 bits per heavy atom. The minimum Gasteiger partial charge on any atom is -0.352 e. The van der Waals surface area contributed by atoms with Crippen molar-refractivity contribution in [3.63, 3.8) is 0 Å². The third-order valence-electron chi connectivity index (χ3n) is 5.44. The fourth-order valence-electron chi connectivity index (χ4n) is 4.08. The van der Waals surface area contributed by atoms with Gasteiger partial charge in [-0.15, -0.1) is 0 Å². The lowest BCUT2D eigenvalue weighted by molar-refractivity contribution is 0.302. The molecule has 0 amide bonds. The Hall–Kier alpha value is -3.03. The molecule has 1 aromatic carbocycles. The molecule has 4 aromatic rings. The second-order valence-corrected chi connectivity index (χ2v) is 8.70. The maximum Gasteiger partial charge on any atom is 0.170 e. The average Bonchev–Trinajstić information content (AvgIpc) is 3.40. The summed E-state index contributed by atoms with van der Waals surface area (Å²) in [7, 11) is 0. The van der Waals surface area contributed by atoms with Crippen molar-refractivity contribution in [2.24, 2.45) is 0 Å². The van der Waals surface area contributed by atoms with Crippen molar-refractivity contribution in [1.29, 1.82) is 0 Å². The van der Waals surface area contributed by atoms with E-state index in [0.29, 0.717) is 11.7 Å². The maximum absolute atomic E-state index is 5.80. The quantitative estimate of drug-likeness (QED) is 0.390. The number of nitrogens with one attached hydrogen (secondary N) is 1. The van der Waals surface area contributed by atoms with Crippen molar-refractivity contribution in [1.82, 2.24) is 24.8 Å². The van der Waals surface area contributed by atoms with Gasteiger partial charge in [-0.1, -0.05) is 34.1 Å². The molecule has 0 aliphatic carbocycles. The Labute approximate surface area is 194 Å². The summed E-state index contributed by atoms with van der Waals surface area (Å²) in [5.41, 5.74) is 4.31. The summed E-state index contributed by atoms with van der Waals surface area (Å²) in [6.07, 6.45) is 7.60. The highest BCUT2D eigenvalue weighted by atomic mass is 79.9. The SMILES string of the molecule is S=C1NC(c2ccccn2)C(c2cccn2-c2cccc(Br)c2)N1Cc1cccnc1. The molecular weight excluding hydrogens is 470 g/mol. The van der Waals surface area contributed by atoms with Gasteiger partial charge in [0.1, 0.15) is 0 Å². The monoisotopic (exact) mass is 489 g/mol. The fraction of sp³-hybridized carbons (Fsp3) is 0.125. The van der Waals surface area contributed by atoms with Gasteiger partial charge in [-0.05, 0) is 66.3 Å². The van der Waals surface area contributed by atoms with Gasteiger partial charge in [0.2, 0.25) is 0 Å². The van der Waals surface area contributed by atoms with Gasteiger partial charge in [-0.3, -0.25) is 9.97 Å². The van der Waals surface area contributed by atoms with Gasteiger partial charge in [0.05, 0.1) is 17.8 Å². The van der Waals surface area contributed by atoms with Crippen LogP contribution in [0.4, 0.5) is 0 Å². The molecule has 154 valence electrons. The van der Waals surface area contributed by atoms with E-state index >= 15 is 0 Å². The highest BCUT2D eigenvalue weighted by molar-refractivity contribution is 9.10. The fourth-order valence-corrected chi connectivity index (χ4v) is 4.77. The van der Waals surface area contributed by atoms with Crippen molar-refractivity contribution in [3.05, 3.63) is 113 Å². The van der Waals surface area contributed by atoms with Gasteiger partial charge in [-0.25, -0.2) is 0 Å². The van der Waals surface area contributed by atoms with Gasteiger partial charge in [0, 0.05) is 47.2 Å². The average molecular weight is 490 g/mol. The van der Waals surface area contributed by atoms with Crippen LogP contribution in [0.25, 0.3) is 5.69 Å². The normalized spacial score (nSPS) is 18.2. The van der Waals surface area contributed by atoms with E-state index in [1.165, 1.54) is 0 Å². The lowest BCUT2D eigenvalue weighted by atomic mass is 10.0. The Morgan fingerprint density at radius 1 is 1.00 bits per heavy atom. The van der Waals surface area contributed by atoms with Crippen molar-refractivity contribution < 1.29 is 0 Å². The van der Waals surface area contributed by atoms with E-state index in [2.05, 4.69) is 77.2 Å². The zero-order valence-corrected chi connectivity index (χ0v) is 19.0. The zero-order valence-electron chi connectivity index (χ0n) is 16.6. The number of hydrogen-bond donors (Lipinski definition) is 1. The Kier molecular flexibility index (Phi) is 5.53. The molecule has 1 saturated heterocycles. The summed E-state index contributed by atoms with van der Waals surface area (Å²) < 4.78 is 3.26. The number of rotatable bonds is 5. The van der Waals surface area contributed by atoms with E-state index in [4.69, 9.17) is 12.2 Å². The summed E-state index contributed by atoms with van der Waals surface area (Å²) in [5, 5.41) is 4.24. The predicted molar refractivity (Wildman–Crippen MR) is 129 cm³/mol. The van der Waals surface area contributed by atoms with Gasteiger partial charge >= 0.3 is 0 Å². The third kappa shape index (κ3) is 3.98. The van der Waals surface area contributed by atoms with Crippen LogP contribution >= 0.6 is 28.1 Å². The first kappa shape index (κ1) is 19.9. The Bertz CT molecular complexity index is 1190. The van der Waals surface area contributed by atoms with Crippen molar-refractivity contribution >= 4 is 33.3 Å². The minimum absolute atomic E-state index is 0.0309. The van der Waals surface area contributed by atoms with E-state index in [1.807, 2.05) is 48.8 Å². The molecule has 0 spiro atoms. The highest BCUT2D eigenvalue weighted by Crippen LogP contribution is 2.40. The second-order valence-electron chi connectivity index (χ2n) is 7.40. The summed E-state index contributed by atoms with van der Waals surface area (Å²) >= 11 is 9.39. The molecule has 0 bridgehead atoms. The van der Waals surface area contributed by atoms with Crippen LogP contribution in [0, 0.1) is 0 Å². The first-order valence-corrected chi connectivity index (χ1v) is 11.2. The van der Waals surface area contributed by atoms with E-state index in [1.54, 1.807) is 6.20 Å². The van der Waals surface area contributed by atoms with Crippen LogP contribution in [0.3, 0.4) is 0 Å². The van der Waals surface area contributed by atoms with E-state index in [-0.39, 0.29) is 12.1 Å². The number of benzene rings is 1. The molecule has 5 rings (SSSR count). The van der Waals surface area contributed by atoms with Crippen LogP contribution in [-0.4, -0.2) is 24.5 Å². The molecule has 1 aliphatic rings. The molecule has 1 aliphatic heterocycles. The number of halogens is 1. The summed E-state index contributed by atoms with van der Waals surface area (Å²) in [6, 6.07) is 22.5. The highest BCUT2D eigenvalue weighted by Gasteiger charge is 2.41. The lowest BCUT2D eigenvalue weighted by Crippen LogP contribution is -2.30. The third-order valence-corrected chi connectivity index (χ3v) is 6.29. The summed E-state index contributed by atoms with van der Waals surface area (Å²) in [4.78, 5) is 11.1. The molecule has 0 radical (unpaired) electrons. The van der Waals surface area contributed by atoms with Crippen molar-refractivity contribution in [3.8, 4) is 5.69 Å². The molecule has 5 nitrogen and oxygen atoms in total. The first-order chi connectivity index (χ1) is 15.2. The number of hydrogen-bond acceptors (Lipinski definition) is 3. The molecule has 7 heteroatoms. The van der Waals surface area contributed by atoms with Crippen LogP contribution < -0.4 is 5.32 Å². The molecule has 2 unspecified atom stereocenters. The molecule has 1 fully saturated rings. The Balaban J connectivity index is 1.61. The standard InChI is InChI=1S/C24H20BrN5S/c25-18-7-3-8-19(14-18)29-13-5-10-21(29)23-22(20-9-1-2-12-27-20)28-24(31)30(23)16-17-6-4-11-26-15-17/h1-15,22-23H,16H2,(H,28,31). The van der Waals surface area contributed by atoms with Crippen LogP contribution in [0.5, 0.6) is 0 Å². The van der Waals surface area contributed by atoms with Crippen molar-refractivity contribution in [2.45, 2.75) is 18.6 Å². The van der Waals surface area contributed by atoms with Gasteiger partial charge < -0.3 is 14.8 Å². The van der Waals surface area contributed by atoms with Gasteiger partial charge in [0.15, 0.2) is 5.11 Å². The Morgan fingerprint density at radius 2 is 1.94 bits per heavy atom. The van der Waals surface area contributed by atoms with Crippen LogP contribution in [0.2, 0.25) is 0 Å². The van der Waals surface area contributed by atoms with Crippen LogP contribution in [-0.2, 0) is 6.54 Å². The maximum atomic E-state index is 5.80. The molecule has 4 heterocycles. The van der Waals surface area contributed by atoms with E-state index in [0.717, 1.165) is 27.1 Å². The molecule has 0 saturated carbocycles. The number of aromatic nitrogens is 3. The second kappa shape index (κ2) is 8.61. The predicted octanol–water partition coefficient (Wildman–Crippen LogP) is 5.20. The smallest absolute Gasteiger partial charge is 0.170 e. The molecule has 3 aromatic heterocycles.